The summed E-state index contributed by atoms with van der Waals surface area (Å²) in [4.78, 5) is 0. The normalized spacial score (nSPS) is 19.9. The molecule has 0 aliphatic heterocycles. The Hall–Kier alpha value is -3.39. The number of furan rings is 1. The monoisotopic (exact) mass is 422 g/mol. The first-order valence-corrected chi connectivity index (χ1v) is 11.0. The first-order valence-electron chi connectivity index (χ1n) is 13.0. The van der Waals surface area contributed by atoms with Crippen molar-refractivity contribution in [3.05, 3.63) is 89.6 Å². The SMILES string of the molecule is [2H]C1([2H])c2cccc(-c3cccc4c3oc3c(-c5cccc[n+]5C)c(C)ccc34)c2C([2H])([2H])C1(C)C. The quantitative estimate of drug-likeness (QED) is 0.275. The Morgan fingerprint density at radius 2 is 1.62 bits per heavy atom. The Kier molecular flexibility index (Phi) is 3.28. The minimum Gasteiger partial charge on any atom is -0.454 e. The minimum atomic E-state index is -1.86. The van der Waals surface area contributed by atoms with Crippen LogP contribution >= 0.6 is 0 Å². The lowest BCUT2D eigenvalue weighted by atomic mass is 9.89. The second kappa shape index (κ2) is 6.80. The molecule has 0 bridgehead atoms. The van der Waals surface area contributed by atoms with Gasteiger partial charge in [0.1, 0.15) is 18.2 Å². The molecule has 6 rings (SSSR count). The molecular weight excluding hydrogens is 390 g/mol. The molecule has 0 unspecified atom stereocenters. The molecular formula is C30H28NO+. The van der Waals surface area contributed by atoms with Crippen molar-refractivity contribution in [3.8, 4) is 22.4 Å². The van der Waals surface area contributed by atoms with Gasteiger partial charge in [-0.15, -0.1) is 0 Å². The number of fused-ring (bicyclic) bond motifs is 4. The molecule has 1 aliphatic carbocycles. The van der Waals surface area contributed by atoms with Gasteiger partial charge in [0.05, 0.1) is 5.56 Å². The highest BCUT2D eigenvalue weighted by Crippen LogP contribution is 2.45. The van der Waals surface area contributed by atoms with Gasteiger partial charge in [-0.3, -0.25) is 0 Å². The molecule has 0 amide bonds. The van der Waals surface area contributed by atoms with E-state index in [1.54, 1.807) is 19.9 Å². The van der Waals surface area contributed by atoms with Crippen molar-refractivity contribution < 1.29 is 14.5 Å². The van der Waals surface area contributed by atoms with Crippen molar-refractivity contribution in [1.82, 2.24) is 0 Å². The molecule has 2 heterocycles. The van der Waals surface area contributed by atoms with Crippen LogP contribution in [0.25, 0.3) is 44.3 Å². The van der Waals surface area contributed by atoms with E-state index in [2.05, 4.69) is 29.7 Å². The fraction of sp³-hybridized carbons (Fsp3) is 0.233. The molecule has 1 aliphatic rings. The van der Waals surface area contributed by atoms with Crippen molar-refractivity contribution in [2.75, 3.05) is 0 Å². The highest BCUT2D eigenvalue weighted by Gasteiger charge is 2.31. The van der Waals surface area contributed by atoms with Gasteiger partial charge in [0.25, 0.3) is 0 Å². The van der Waals surface area contributed by atoms with Gasteiger partial charge in [0, 0.05) is 34.0 Å². The second-order valence-electron chi connectivity index (χ2n) is 9.22. The van der Waals surface area contributed by atoms with Gasteiger partial charge >= 0.3 is 0 Å². The predicted octanol–water partition coefficient (Wildman–Crippen LogP) is 7.18. The molecule has 0 saturated heterocycles. The van der Waals surface area contributed by atoms with Crippen LogP contribution in [-0.4, -0.2) is 0 Å². The fourth-order valence-corrected chi connectivity index (χ4v) is 4.97. The lowest BCUT2D eigenvalue weighted by Crippen LogP contribution is -2.30. The second-order valence-corrected chi connectivity index (χ2v) is 9.22. The third-order valence-electron chi connectivity index (χ3n) is 6.43. The topological polar surface area (TPSA) is 17.0 Å². The molecule has 0 saturated carbocycles. The van der Waals surface area contributed by atoms with Gasteiger partial charge in [0.2, 0.25) is 5.69 Å². The summed E-state index contributed by atoms with van der Waals surface area (Å²) in [6.45, 7) is 5.43. The Balaban J connectivity index is 1.70. The number of benzene rings is 3. The van der Waals surface area contributed by atoms with E-state index in [-0.39, 0.29) is 0 Å². The Morgan fingerprint density at radius 3 is 2.47 bits per heavy atom. The van der Waals surface area contributed by atoms with Crippen LogP contribution in [0.3, 0.4) is 0 Å². The van der Waals surface area contributed by atoms with Gasteiger partial charge in [0.15, 0.2) is 6.20 Å². The highest BCUT2D eigenvalue weighted by atomic mass is 16.3. The maximum Gasteiger partial charge on any atom is 0.216 e. The molecule has 0 fully saturated rings. The number of hydrogen-bond donors (Lipinski definition) is 0. The van der Waals surface area contributed by atoms with Gasteiger partial charge in [-0.2, -0.15) is 0 Å². The van der Waals surface area contributed by atoms with Gasteiger partial charge in [-0.05, 0) is 53.4 Å². The average Bonchev–Trinajstić information content (AvgIpc) is 3.26. The summed E-state index contributed by atoms with van der Waals surface area (Å²) < 4.78 is 44.4. The van der Waals surface area contributed by atoms with Crippen LogP contribution in [0.2, 0.25) is 0 Å². The number of aryl methyl sites for hydroxylation is 2. The van der Waals surface area contributed by atoms with Crippen LogP contribution in [-0.2, 0) is 19.8 Å². The maximum atomic E-state index is 9.02. The van der Waals surface area contributed by atoms with E-state index in [1.165, 1.54) is 0 Å². The lowest BCUT2D eigenvalue weighted by molar-refractivity contribution is -0.660. The standard InChI is InChI=1S/C30H28NO/c1-19-14-15-24-23-12-8-11-22(21-10-7-9-20-17-30(2,3)18-25(20)21)28(23)32-29(24)27(19)26-13-5-6-16-31(26)4/h5-16H,17-18H2,1-4H3/q+1/i17D2,18D2. The molecule has 2 heteroatoms. The van der Waals surface area contributed by atoms with E-state index in [0.29, 0.717) is 22.3 Å². The Morgan fingerprint density at radius 1 is 0.844 bits per heavy atom. The summed E-state index contributed by atoms with van der Waals surface area (Å²) in [7, 11) is 2.02. The smallest absolute Gasteiger partial charge is 0.216 e. The zero-order valence-corrected chi connectivity index (χ0v) is 18.8. The van der Waals surface area contributed by atoms with E-state index < -0.39 is 18.2 Å². The van der Waals surface area contributed by atoms with E-state index >= 15 is 0 Å². The first-order chi connectivity index (χ1) is 17.0. The third kappa shape index (κ3) is 2.82. The van der Waals surface area contributed by atoms with Crippen molar-refractivity contribution >= 4 is 21.9 Å². The van der Waals surface area contributed by atoms with Crippen molar-refractivity contribution in [2.45, 2.75) is 33.5 Å². The van der Waals surface area contributed by atoms with Crippen LogP contribution in [0.15, 0.2) is 77.3 Å². The maximum absolute atomic E-state index is 9.02. The van der Waals surface area contributed by atoms with E-state index in [0.717, 1.165) is 38.7 Å². The molecule has 32 heavy (non-hydrogen) atoms. The van der Waals surface area contributed by atoms with Gasteiger partial charge < -0.3 is 4.42 Å². The number of para-hydroxylation sites is 1. The van der Waals surface area contributed by atoms with Crippen molar-refractivity contribution in [3.63, 3.8) is 0 Å². The van der Waals surface area contributed by atoms with Crippen LogP contribution in [0, 0.1) is 12.3 Å². The van der Waals surface area contributed by atoms with E-state index in [1.807, 2.05) is 55.7 Å². The summed E-state index contributed by atoms with van der Waals surface area (Å²) in [5.74, 6) is 0. The number of hydrogen-bond acceptors (Lipinski definition) is 1. The zero-order valence-electron chi connectivity index (χ0n) is 22.8. The summed E-state index contributed by atoms with van der Waals surface area (Å²) in [6, 6.07) is 21.7. The van der Waals surface area contributed by atoms with Crippen LogP contribution in [0.1, 0.15) is 36.0 Å². The van der Waals surface area contributed by atoms with Crippen LogP contribution in [0.5, 0.6) is 0 Å². The van der Waals surface area contributed by atoms with E-state index in [4.69, 9.17) is 9.90 Å². The number of nitrogens with zero attached hydrogens (tertiary/aromatic N) is 1. The number of rotatable bonds is 2. The molecule has 2 aromatic heterocycles. The van der Waals surface area contributed by atoms with Gasteiger partial charge in [-0.1, -0.05) is 62.4 Å². The van der Waals surface area contributed by atoms with E-state index in [9.17, 15) is 0 Å². The molecule has 2 nitrogen and oxygen atoms in total. The summed E-state index contributed by atoms with van der Waals surface area (Å²) in [5, 5.41) is 1.96. The molecule has 158 valence electrons. The lowest BCUT2D eigenvalue weighted by Gasteiger charge is -2.15. The molecule has 5 aromatic rings. The van der Waals surface area contributed by atoms with Crippen molar-refractivity contribution in [2.24, 2.45) is 12.5 Å². The van der Waals surface area contributed by atoms with Crippen LogP contribution < -0.4 is 4.57 Å². The van der Waals surface area contributed by atoms with Crippen molar-refractivity contribution in [1.29, 1.82) is 0 Å². The zero-order chi connectivity index (χ0) is 25.6. The van der Waals surface area contributed by atoms with Gasteiger partial charge in [-0.25, -0.2) is 4.57 Å². The first kappa shape index (κ1) is 15.4. The minimum absolute atomic E-state index is 0.413. The summed E-state index contributed by atoms with van der Waals surface area (Å²) >= 11 is 0. The fourth-order valence-electron chi connectivity index (χ4n) is 4.97. The molecule has 0 atom stereocenters. The largest absolute Gasteiger partial charge is 0.454 e. The predicted molar refractivity (Wildman–Crippen MR) is 132 cm³/mol. The summed E-state index contributed by atoms with van der Waals surface area (Å²) in [6.07, 6.45) is -1.65. The average molecular weight is 423 g/mol. The Labute approximate surface area is 194 Å². The number of pyridine rings is 1. The summed E-state index contributed by atoms with van der Waals surface area (Å²) in [5.41, 5.74) is 5.73. The third-order valence-corrected chi connectivity index (χ3v) is 6.43. The molecule has 3 aromatic carbocycles. The number of aromatic nitrogens is 1. The molecule has 0 radical (unpaired) electrons. The van der Waals surface area contributed by atoms with Crippen LogP contribution in [0.4, 0.5) is 0 Å². The highest BCUT2D eigenvalue weighted by molar-refractivity contribution is 6.13. The molecule has 0 N–H and O–H groups in total. The Bertz CT molecular complexity index is 1700. The molecule has 0 spiro atoms.